The summed E-state index contributed by atoms with van der Waals surface area (Å²) in [7, 11) is 0. The van der Waals surface area contributed by atoms with Crippen LogP contribution in [-0.2, 0) is 0 Å². The third-order valence-electron chi connectivity index (χ3n) is 2.06. The molecule has 0 aliphatic carbocycles. The van der Waals surface area contributed by atoms with Crippen molar-refractivity contribution in [3.05, 3.63) is 11.8 Å². The highest BCUT2D eigenvalue weighted by Gasteiger charge is 2.41. The molecule has 16 heavy (non-hydrogen) atoms. The van der Waals surface area contributed by atoms with Gasteiger partial charge in [0.2, 0.25) is 5.95 Å². The highest BCUT2D eigenvalue weighted by Crippen LogP contribution is 2.32. The first-order chi connectivity index (χ1) is 7.21. The summed E-state index contributed by atoms with van der Waals surface area (Å²) >= 11 is 0. The molecule has 8 heteroatoms. The first-order valence-corrected chi connectivity index (χ1v) is 4.37. The molecule has 0 aromatic carbocycles. The minimum absolute atomic E-state index is 0.0850. The van der Waals surface area contributed by atoms with E-state index in [-0.39, 0.29) is 4.90 Å². The topological polar surface area (TPSA) is 3.24 Å². The van der Waals surface area contributed by atoms with Gasteiger partial charge >= 0.3 is 6.18 Å². The number of nitrogens with zero attached hydrogens (tertiary/aromatic N) is 1. The maximum Gasteiger partial charge on any atom is 0.447 e. The fraction of sp³-hybridized carbons (Fsp3) is 0.750. The third-order valence-corrected chi connectivity index (χ3v) is 2.06. The Kier molecular flexibility index (Phi) is 3.69. The van der Waals surface area contributed by atoms with Crippen LogP contribution in [0, 0.1) is 0 Å². The van der Waals surface area contributed by atoms with Crippen LogP contribution in [-0.4, -0.2) is 36.5 Å². The lowest BCUT2D eigenvalue weighted by Crippen LogP contribution is -2.41. The molecule has 94 valence electrons. The molecule has 2 atom stereocenters. The number of alkyl halides is 5. The maximum atomic E-state index is 12.9. The first kappa shape index (κ1) is 13.1. The third kappa shape index (κ3) is 3.02. The molecule has 0 bridgehead atoms. The zero-order chi connectivity index (χ0) is 12.5. The standard InChI is InChI=1S/C8H8F7N/c9-4-1-5(10)3-16(2-4)7(12)6(11)8(13,14)15/h4-5H,1-3H2/b7-6-. The minimum atomic E-state index is -5.49. The Balaban J connectivity index is 2.84. The van der Waals surface area contributed by atoms with E-state index in [0.717, 1.165) is 0 Å². The van der Waals surface area contributed by atoms with Gasteiger partial charge in [-0.3, -0.25) is 0 Å². The second-order valence-corrected chi connectivity index (χ2v) is 3.44. The second kappa shape index (κ2) is 4.50. The van der Waals surface area contributed by atoms with Crippen LogP contribution in [0.25, 0.3) is 0 Å². The molecular weight excluding hydrogens is 243 g/mol. The van der Waals surface area contributed by atoms with Crippen molar-refractivity contribution in [2.24, 2.45) is 0 Å². The molecule has 1 fully saturated rings. The van der Waals surface area contributed by atoms with E-state index >= 15 is 0 Å². The molecule has 1 aliphatic heterocycles. The quantitative estimate of drug-likeness (QED) is 0.511. The summed E-state index contributed by atoms with van der Waals surface area (Å²) < 4.78 is 86.1. The van der Waals surface area contributed by atoms with Crippen molar-refractivity contribution < 1.29 is 30.7 Å². The fourth-order valence-corrected chi connectivity index (χ4v) is 1.40. The van der Waals surface area contributed by atoms with Gasteiger partial charge in [-0.05, 0) is 0 Å². The molecule has 0 amide bonds. The summed E-state index contributed by atoms with van der Waals surface area (Å²) in [6.07, 6.45) is -9.62. The van der Waals surface area contributed by atoms with Crippen molar-refractivity contribution in [1.82, 2.24) is 4.90 Å². The van der Waals surface area contributed by atoms with Crippen LogP contribution in [0.2, 0.25) is 0 Å². The number of halogens is 7. The lowest BCUT2D eigenvalue weighted by atomic mass is 10.1. The molecule has 2 unspecified atom stereocenters. The van der Waals surface area contributed by atoms with E-state index in [4.69, 9.17) is 0 Å². The number of likely N-dealkylation sites (tertiary alicyclic amines) is 1. The van der Waals surface area contributed by atoms with E-state index in [1.54, 1.807) is 0 Å². The Morgan fingerprint density at radius 1 is 1.00 bits per heavy atom. The Labute approximate surface area is 86.5 Å². The Bertz CT molecular complexity index is 275. The Hall–Kier alpha value is -0.950. The highest BCUT2D eigenvalue weighted by atomic mass is 19.4. The molecule has 1 nitrogen and oxygen atoms in total. The van der Waals surface area contributed by atoms with Crippen LogP contribution < -0.4 is 0 Å². The molecule has 0 aromatic rings. The van der Waals surface area contributed by atoms with Crippen LogP contribution in [0.4, 0.5) is 30.7 Å². The normalized spacial score (nSPS) is 29.1. The van der Waals surface area contributed by atoms with Gasteiger partial charge in [0.1, 0.15) is 12.3 Å². The summed E-state index contributed by atoms with van der Waals surface area (Å²) in [4.78, 5) is 0.0850. The lowest BCUT2D eigenvalue weighted by Gasteiger charge is -2.31. The van der Waals surface area contributed by atoms with Gasteiger partial charge in [0.05, 0.1) is 13.1 Å². The number of allylic oxidation sites excluding steroid dienone is 1. The molecule has 0 spiro atoms. The molecule has 1 aliphatic rings. The van der Waals surface area contributed by atoms with E-state index in [2.05, 4.69) is 0 Å². The van der Waals surface area contributed by atoms with Gasteiger partial charge in [0, 0.05) is 6.42 Å². The molecule has 0 saturated carbocycles. The zero-order valence-electron chi connectivity index (χ0n) is 7.87. The number of rotatable bonds is 1. The van der Waals surface area contributed by atoms with E-state index in [9.17, 15) is 30.7 Å². The van der Waals surface area contributed by atoms with Crippen LogP contribution in [0.5, 0.6) is 0 Å². The van der Waals surface area contributed by atoms with Crippen molar-refractivity contribution in [2.75, 3.05) is 13.1 Å². The van der Waals surface area contributed by atoms with Crippen molar-refractivity contribution >= 4 is 0 Å². The van der Waals surface area contributed by atoms with E-state index in [1.807, 2.05) is 0 Å². The van der Waals surface area contributed by atoms with Gasteiger partial charge in [-0.15, -0.1) is 0 Å². The molecule has 0 aromatic heterocycles. The summed E-state index contributed by atoms with van der Waals surface area (Å²) in [5, 5.41) is 0. The lowest BCUT2D eigenvalue weighted by molar-refractivity contribution is -0.114. The van der Waals surface area contributed by atoms with Gasteiger partial charge < -0.3 is 4.90 Å². The number of hydrogen-bond acceptors (Lipinski definition) is 1. The fourth-order valence-electron chi connectivity index (χ4n) is 1.40. The average Bonchev–Trinajstić information content (AvgIpc) is 2.12. The van der Waals surface area contributed by atoms with E-state index < -0.39 is 49.8 Å². The van der Waals surface area contributed by atoms with Crippen molar-refractivity contribution in [1.29, 1.82) is 0 Å². The van der Waals surface area contributed by atoms with Crippen LogP contribution in [0.3, 0.4) is 0 Å². The molecule has 0 radical (unpaired) electrons. The van der Waals surface area contributed by atoms with Gasteiger partial charge in [0.25, 0.3) is 5.83 Å². The van der Waals surface area contributed by atoms with Crippen LogP contribution >= 0.6 is 0 Å². The van der Waals surface area contributed by atoms with Crippen molar-refractivity contribution in [2.45, 2.75) is 24.9 Å². The Morgan fingerprint density at radius 3 is 1.81 bits per heavy atom. The molecule has 0 N–H and O–H groups in total. The molecule has 1 heterocycles. The monoisotopic (exact) mass is 251 g/mol. The summed E-state index contributed by atoms with van der Waals surface area (Å²) in [6.45, 7) is -1.56. The molecule has 1 rings (SSSR count). The SMILES string of the molecule is F/C(=C(/F)C(F)(F)F)N1CC(F)CC(F)C1. The average molecular weight is 251 g/mol. The van der Waals surface area contributed by atoms with Crippen molar-refractivity contribution in [3.63, 3.8) is 0 Å². The number of piperidine rings is 1. The van der Waals surface area contributed by atoms with Crippen molar-refractivity contribution in [3.8, 4) is 0 Å². The largest absolute Gasteiger partial charge is 0.447 e. The second-order valence-electron chi connectivity index (χ2n) is 3.44. The smallest absolute Gasteiger partial charge is 0.340 e. The van der Waals surface area contributed by atoms with Gasteiger partial charge in [-0.2, -0.15) is 22.0 Å². The zero-order valence-corrected chi connectivity index (χ0v) is 7.87. The van der Waals surface area contributed by atoms with Gasteiger partial charge in [0.15, 0.2) is 0 Å². The highest BCUT2D eigenvalue weighted by molar-refractivity contribution is 5.06. The van der Waals surface area contributed by atoms with Crippen LogP contribution in [0.15, 0.2) is 11.8 Å². The van der Waals surface area contributed by atoms with Gasteiger partial charge in [-0.1, -0.05) is 0 Å². The minimum Gasteiger partial charge on any atom is -0.340 e. The van der Waals surface area contributed by atoms with Gasteiger partial charge in [-0.25, -0.2) is 8.78 Å². The summed E-state index contributed by atoms with van der Waals surface area (Å²) in [5.41, 5.74) is 0. The maximum absolute atomic E-state index is 12.9. The first-order valence-electron chi connectivity index (χ1n) is 4.37. The Morgan fingerprint density at radius 2 is 1.44 bits per heavy atom. The van der Waals surface area contributed by atoms with Crippen LogP contribution in [0.1, 0.15) is 6.42 Å². The summed E-state index contributed by atoms with van der Waals surface area (Å²) in [6, 6.07) is 0. The number of hydrogen-bond donors (Lipinski definition) is 0. The molecule has 1 saturated heterocycles. The van der Waals surface area contributed by atoms with E-state index in [1.165, 1.54) is 0 Å². The predicted octanol–water partition coefficient (Wildman–Crippen LogP) is 3.04. The summed E-state index contributed by atoms with van der Waals surface area (Å²) in [5.74, 6) is -5.23. The van der Waals surface area contributed by atoms with E-state index in [0.29, 0.717) is 0 Å². The predicted molar refractivity (Wildman–Crippen MR) is 41.3 cm³/mol. The molecular formula is C8H8F7N.